The molecule has 4 rings (SSSR count). The van der Waals surface area contributed by atoms with E-state index >= 15 is 0 Å². The topological polar surface area (TPSA) is 61.4 Å². The molecule has 0 saturated carbocycles. The number of aromatic nitrogens is 2. The molecule has 1 aliphatic rings. The number of benzene rings is 1. The van der Waals surface area contributed by atoms with Gasteiger partial charge in [0.25, 0.3) is 0 Å². The minimum Gasteiger partial charge on any atom is -0.355 e. The van der Waals surface area contributed by atoms with Crippen LogP contribution in [0.25, 0.3) is 21.3 Å². The maximum Gasteiger partial charge on any atom is 0.234 e. The van der Waals surface area contributed by atoms with Crippen molar-refractivity contribution in [2.75, 3.05) is 37.6 Å². The molecule has 0 unspecified atom stereocenters. The average molecular weight is 438 g/mol. The summed E-state index contributed by atoms with van der Waals surface area (Å²) in [5, 5.41) is 6.39. The largest absolute Gasteiger partial charge is 0.355 e. The molecule has 1 amide bonds. The lowest BCUT2D eigenvalue weighted by atomic mass is 10.0. The third-order valence-electron chi connectivity index (χ3n) is 5.48. The summed E-state index contributed by atoms with van der Waals surface area (Å²) in [4.78, 5) is 27.2. The number of fused-ring (bicyclic) bond motifs is 1. The van der Waals surface area contributed by atoms with Crippen molar-refractivity contribution >= 4 is 33.3 Å². The molecule has 7 heteroatoms. The van der Waals surface area contributed by atoms with Crippen LogP contribution in [0, 0.1) is 6.92 Å². The predicted molar refractivity (Wildman–Crippen MR) is 129 cm³/mol. The first-order chi connectivity index (χ1) is 14.8. The number of thiophene rings is 1. The SMILES string of the molecule is Cc1ccc(-c2csc3ncnc(N4CCCN(CC(=O)NC(C)(C)C)CC4)c23)cc1. The van der Waals surface area contributed by atoms with Crippen LogP contribution in [0.1, 0.15) is 32.8 Å². The minimum absolute atomic E-state index is 0.0878. The highest BCUT2D eigenvalue weighted by Gasteiger charge is 2.23. The van der Waals surface area contributed by atoms with Gasteiger partial charge in [-0.2, -0.15) is 0 Å². The van der Waals surface area contributed by atoms with Gasteiger partial charge in [-0.3, -0.25) is 9.69 Å². The minimum atomic E-state index is -0.202. The van der Waals surface area contributed by atoms with Crippen LogP contribution in [0.2, 0.25) is 0 Å². The molecule has 1 aliphatic heterocycles. The van der Waals surface area contributed by atoms with E-state index in [1.807, 2.05) is 20.8 Å². The molecule has 0 atom stereocenters. The number of hydrogen-bond acceptors (Lipinski definition) is 6. The quantitative estimate of drug-likeness (QED) is 0.666. The van der Waals surface area contributed by atoms with Crippen molar-refractivity contribution in [1.29, 1.82) is 0 Å². The Labute approximate surface area is 188 Å². The summed E-state index contributed by atoms with van der Waals surface area (Å²) >= 11 is 1.67. The molecule has 31 heavy (non-hydrogen) atoms. The van der Waals surface area contributed by atoms with Gasteiger partial charge in [0, 0.05) is 42.7 Å². The van der Waals surface area contributed by atoms with E-state index in [1.165, 1.54) is 16.7 Å². The molecule has 0 radical (unpaired) electrons. The molecule has 3 heterocycles. The number of carbonyl (C=O) groups excluding carboxylic acids is 1. The molecule has 1 N–H and O–H groups in total. The lowest BCUT2D eigenvalue weighted by molar-refractivity contribution is -0.123. The van der Waals surface area contributed by atoms with Gasteiger partial charge >= 0.3 is 0 Å². The molecular weight excluding hydrogens is 406 g/mol. The number of carbonyl (C=O) groups is 1. The molecule has 1 saturated heterocycles. The second-order valence-electron chi connectivity index (χ2n) is 9.31. The zero-order valence-corrected chi connectivity index (χ0v) is 19.6. The van der Waals surface area contributed by atoms with E-state index in [1.54, 1.807) is 17.7 Å². The summed E-state index contributed by atoms with van der Waals surface area (Å²) < 4.78 is 0. The number of anilines is 1. The molecular formula is C24H31N5OS. The summed E-state index contributed by atoms with van der Waals surface area (Å²) in [6.07, 6.45) is 2.67. The van der Waals surface area contributed by atoms with Crippen LogP contribution in [-0.2, 0) is 4.79 Å². The van der Waals surface area contributed by atoms with Crippen LogP contribution < -0.4 is 10.2 Å². The molecule has 1 fully saturated rings. The summed E-state index contributed by atoms with van der Waals surface area (Å²) in [6.45, 7) is 12.1. The van der Waals surface area contributed by atoms with Crippen LogP contribution in [0.15, 0.2) is 36.0 Å². The summed E-state index contributed by atoms with van der Waals surface area (Å²) in [5.41, 5.74) is 3.44. The van der Waals surface area contributed by atoms with E-state index in [0.717, 1.165) is 48.6 Å². The number of amides is 1. The van der Waals surface area contributed by atoms with E-state index in [9.17, 15) is 4.79 Å². The van der Waals surface area contributed by atoms with Gasteiger partial charge in [0.15, 0.2) is 0 Å². The van der Waals surface area contributed by atoms with E-state index in [4.69, 9.17) is 4.98 Å². The molecule has 0 aliphatic carbocycles. The van der Waals surface area contributed by atoms with Crippen LogP contribution in [0.3, 0.4) is 0 Å². The number of nitrogens with one attached hydrogen (secondary N) is 1. The van der Waals surface area contributed by atoms with Crippen molar-refractivity contribution in [3.05, 3.63) is 41.5 Å². The molecule has 164 valence electrons. The zero-order valence-electron chi connectivity index (χ0n) is 18.8. The monoisotopic (exact) mass is 437 g/mol. The van der Waals surface area contributed by atoms with Crippen LogP contribution in [0.5, 0.6) is 0 Å². The Kier molecular flexibility index (Phi) is 6.25. The normalized spacial score (nSPS) is 15.8. The first-order valence-electron chi connectivity index (χ1n) is 10.9. The van der Waals surface area contributed by atoms with Gasteiger partial charge in [0.1, 0.15) is 17.0 Å². The fourth-order valence-electron chi connectivity index (χ4n) is 4.05. The molecule has 3 aromatic rings. The Morgan fingerprint density at radius 3 is 2.61 bits per heavy atom. The van der Waals surface area contributed by atoms with Crippen LogP contribution in [0.4, 0.5) is 5.82 Å². The van der Waals surface area contributed by atoms with Crippen LogP contribution in [-0.4, -0.2) is 59.0 Å². The van der Waals surface area contributed by atoms with E-state index in [-0.39, 0.29) is 11.4 Å². The van der Waals surface area contributed by atoms with E-state index < -0.39 is 0 Å². The second kappa shape index (κ2) is 8.93. The first kappa shape index (κ1) is 21.7. The fourth-order valence-corrected chi connectivity index (χ4v) is 4.96. The second-order valence-corrected chi connectivity index (χ2v) is 10.2. The number of nitrogens with zero attached hydrogens (tertiary/aromatic N) is 4. The third-order valence-corrected chi connectivity index (χ3v) is 6.37. The molecule has 1 aromatic carbocycles. The van der Waals surface area contributed by atoms with Gasteiger partial charge in [-0.05, 0) is 39.7 Å². The maximum absolute atomic E-state index is 12.4. The highest BCUT2D eigenvalue weighted by molar-refractivity contribution is 7.17. The van der Waals surface area contributed by atoms with E-state index in [0.29, 0.717) is 6.54 Å². The Bertz CT molecular complexity index is 1050. The predicted octanol–water partition coefficient (Wildman–Crippen LogP) is 4.09. The molecule has 6 nitrogen and oxygen atoms in total. The smallest absolute Gasteiger partial charge is 0.234 e. The molecule has 0 bridgehead atoms. The summed E-state index contributed by atoms with van der Waals surface area (Å²) in [6, 6.07) is 8.64. The van der Waals surface area contributed by atoms with Gasteiger partial charge in [0.05, 0.1) is 11.9 Å². The van der Waals surface area contributed by atoms with Crippen molar-refractivity contribution in [3.63, 3.8) is 0 Å². The maximum atomic E-state index is 12.4. The van der Waals surface area contributed by atoms with Gasteiger partial charge in [-0.1, -0.05) is 29.8 Å². The number of aryl methyl sites for hydroxylation is 1. The van der Waals surface area contributed by atoms with Crippen LogP contribution >= 0.6 is 11.3 Å². The highest BCUT2D eigenvalue weighted by atomic mass is 32.1. The summed E-state index contributed by atoms with van der Waals surface area (Å²) in [7, 11) is 0. The third kappa shape index (κ3) is 5.22. The Morgan fingerprint density at radius 2 is 1.87 bits per heavy atom. The Balaban J connectivity index is 1.55. The van der Waals surface area contributed by atoms with Crippen molar-refractivity contribution in [3.8, 4) is 11.1 Å². The molecule has 2 aromatic heterocycles. The number of hydrogen-bond donors (Lipinski definition) is 1. The highest BCUT2D eigenvalue weighted by Crippen LogP contribution is 2.38. The standard InChI is InChI=1S/C24H31N5OS/c1-17-6-8-18(9-7-17)19-15-31-23-21(19)22(25-16-26-23)29-11-5-10-28(12-13-29)14-20(30)27-24(2,3)4/h6-9,15-16H,5,10-14H2,1-4H3,(H,27,30). The van der Waals surface area contributed by atoms with Gasteiger partial charge < -0.3 is 10.2 Å². The van der Waals surface area contributed by atoms with Crippen molar-refractivity contribution < 1.29 is 4.79 Å². The summed E-state index contributed by atoms with van der Waals surface area (Å²) in [5.74, 6) is 1.09. The zero-order chi connectivity index (χ0) is 22.0. The first-order valence-corrected chi connectivity index (χ1v) is 11.8. The van der Waals surface area contributed by atoms with Gasteiger partial charge in [0.2, 0.25) is 5.91 Å². The van der Waals surface area contributed by atoms with Gasteiger partial charge in [-0.15, -0.1) is 11.3 Å². The average Bonchev–Trinajstić information content (AvgIpc) is 3.00. The molecule has 0 spiro atoms. The Hall–Kier alpha value is -2.51. The fraction of sp³-hybridized carbons (Fsp3) is 0.458. The van der Waals surface area contributed by atoms with Crippen molar-refractivity contribution in [1.82, 2.24) is 20.2 Å². The lowest BCUT2D eigenvalue weighted by Crippen LogP contribution is -2.46. The van der Waals surface area contributed by atoms with Crippen molar-refractivity contribution in [2.24, 2.45) is 0 Å². The van der Waals surface area contributed by atoms with Crippen molar-refractivity contribution in [2.45, 2.75) is 39.7 Å². The lowest BCUT2D eigenvalue weighted by Gasteiger charge is -2.25. The van der Waals surface area contributed by atoms with Gasteiger partial charge in [-0.25, -0.2) is 9.97 Å². The number of rotatable bonds is 4. The Morgan fingerprint density at radius 1 is 1.10 bits per heavy atom. The van der Waals surface area contributed by atoms with E-state index in [2.05, 4.69) is 56.7 Å².